The van der Waals surface area contributed by atoms with Gasteiger partial charge in [0.2, 0.25) is 16.8 Å². The van der Waals surface area contributed by atoms with Gasteiger partial charge in [-0.2, -0.15) is 0 Å². The molecule has 0 saturated carbocycles. The van der Waals surface area contributed by atoms with Gasteiger partial charge in [-0.15, -0.1) is 11.6 Å². The van der Waals surface area contributed by atoms with Crippen molar-refractivity contribution in [2.24, 2.45) is 0 Å². The number of fused-ring (bicyclic) bond motifs is 1. The molecule has 1 aromatic rings. The molecule has 0 radical (unpaired) electrons. The molecule has 0 amide bonds. The average Bonchev–Trinajstić information content (AvgIpc) is 2.74. The number of rotatable bonds is 5. The predicted octanol–water partition coefficient (Wildman–Crippen LogP) is 1.07. The van der Waals surface area contributed by atoms with Crippen molar-refractivity contribution < 1.29 is 17.9 Å². The SMILES string of the molecule is O=S(=O)(CCCl)NCc1cccc2c1OCO2. The molecule has 5 nitrogen and oxygen atoms in total. The zero-order valence-corrected chi connectivity index (χ0v) is 10.6. The number of nitrogens with one attached hydrogen (secondary N) is 1. The molecule has 0 aromatic heterocycles. The fraction of sp³-hybridized carbons (Fsp3) is 0.400. The molecule has 2 rings (SSSR count). The summed E-state index contributed by atoms with van der Waals surface area (Å²) >= 11 is 5.40. The van der Waals surface area contributed by atoms with Gasteiger partial charge in [0.1, 0.15) is 0 Å². The van der Waals surface area contributed by atoms with Crippen LogP contribution in [0, 0.1) is 0 Å². The Bertz CT molecular complexity index is 503. The van der Waals surface area contributed by atoms with Gasteiger partial charge in [-0.1, -0.05) is 12.1 Å². The fourth-order valence-electron chi connectivity index (χ4n) is 1.49. The lowest BCUT2D eigenvalue weighted by atomic mass is 10.2. The summed E-state index contributed by atoms with van der Waals surface area (Å²) in [6.07, 6.45) is 0. The number of sulfonamides is 1. The lowest BCUT2D eigenvalue weighted by molar-refractivity contribution is 0.173. The summed E-state index contributed by atoms with van der Waals surface area (Å²) in [6, 6.07) is 5.36. The molecule has 1 heterocycles. The molecule has 0 spiro atoms. The first-order valence-corrected chi connectivity index (χ1v) is 7.22. The zero-order valence-electron chi connectivity index (χ0n) is 8.98. The second kappa shape index (κ2) is 5.12. The van der Waals surface area contributed by atoms with Crippen LogP contribution in [0.25, 0.3) is 0 Å². The summed E-state index contributed by atoms with van der Waals surface area (Å²) in [5.74, 6) is 1.21. The average molecular weight is 278 g/mol. The van der Waals surface area contributed by atoms with Gasteiger partial charge in [-0.05, 0) is 6.07 Å². The van der Waals surface area contributed by atoms with Crippen LogP contribution in [0.5, 0.6) is 11.5 Å². The van der Waals surface area contributed by atoms with Crippen LogP contribution in [-0.2, 0) is 16.6 Å². The molecule has 94 valence electrons. The molecular weight excluding hydrogens is 266 g/mol. The van der Waals surface area contributed by atoms with E-state index in [9.17, 15) is 8.42 Å². The standard InChI is InChI=1S/C10H12ClNO4S/c11-4-5-17(13,14)12-6-8-2-1-3-9-10(8)16-7-15-9/h1-3,12H,4-7H2. The smallest absolute Gasteiger partial charge is 0.231 e. The third kappa shape index (κ3) is 3.02. The maximum atomic E-state index is 11.4. The van der Waals surface area contributed by atoms with Crippen LogP contribution in [0.2, 0.25) is 0 Å². The Morgan fingerprint density at radius 1 is 1.35 bits per heavy atom. The molecule has 17 heavy (non-hydrogen) atoms. The van der Waals surface area contributed by atoms with Crippen molar-refractivity contribution in [3.05, 3.63) is 23.8 Å². The lowest BCUT2D eigenvalue weighted by Gasteiger charge is -2.07. The molecule has 0 unspecified atom stereocenters. The van der Waals surface area contributed by atoms with E-state index >= 15 is 0 Å². The summed E-state index contributed by atoms with van der Waals surface area (Å²) in [6.45, 7) is 0.340. The van der Waals surface area contributed by atoms with Crippen LogP contribution in [0.1, 0.15) is 5.56 Å². The highest BCUT2D eigenvalue weighted by Crippen LogP contribution is 2.35. The highest BCUT2D eigenvalue weighted by Gasteiger charge is 2.18. The Hall–Kier alpha value is -0.980. The van der Waals surface area contributed by atoms with Crippen molar-refractivity contribution in [2.75, 3.05) is 18.4 Å². The van der Waals surface area contributed by atoms with Gasteiger partial charge in [0, 0.05) is 18.0 Å². The normalized spacial score (nSPS) is 13.9. The summed E-state index contributed by atoms with van der Waals surface area (Å²) in [4.78, 5) is 0. The maximum absolute atomic E-state index is 11.4. The number of benzene rings is 1. The third-order valence-electron chi connectivity index (χ3n) is 2.31. The van der Waals surface area contributed by atoms with Gasteiger partial charge < -0.3 is 9.47 Å². The minimum Gasteiger partial charge on any atom is -0.454 e. The maximum Gasteiger partial charge on any atom is 0.231 e. The fourth-order valence-corrected chi connectivity index (χ4v) is 2.82. The molecule has 0 saturated heterocycles. The van der Waals surface area contributed by atoms with E-state index in [1.165, 1.54) is 0 Å². The van der Waals surface area contributed by atoms with Gasteiger partial charge in [-0.3, -0.25) is 0 Å². The van der Waals surface area contributed by atoms with E-state index in [1.807, 2.05) is 0 Å². The molecule has 7 heteroatoms. The molecule has 1 N–H and O–H groups in total. The first kappa shape index (κ1) is 12.5. The van der Waals surface area contributed by atoms with Gasteiger partial charge in [0.05, 0.1) is 5.75 Å². The van der Waals surface area contributed by atoms with Crippen molar-refractivity contribution in [3.63, 3.8) is 0 Å². The van der Waals surface area contributed by atoms with Crippen LogP contribution >= 0.6 is 11.6 Å². The minimum absolute atomic E-state index is 0.0713. The Balaban J connectivity index is 2.08. The molecule has 1 aliphatic rings. The molecule has 1 aromatic carbocycles. The number of ether oxygens (including phenoxy) is 2. The summed E-state index contributed by atoms with van der Waals surface area (Å²) < 4.78 is 35.8. The second-order valence-electron chi connectivity index (χ2n) is 3.48. The molecule has 0 bridgehead atoms. The number of hydrogen-bond acceptors (Lipinski definition) is 4. The van der Waals surface area contributed by atoms with Gasteiger partial charge in [0.25, 0.3) is 0 Å². The van der Waals surface area contributed by atoms with Crippen LogP contribution in [0.4, 0.5) is 0 Å². The highest BCUT2D eigenvalue weighted by molar-refractivity contribution is 7.89. The minimum atomic E-state index is -3.33. The van der Waals surface area contributed by atoms with Gasteiger partial charge in [0.15, 0.2) is 11.5 Å². The van der Waals surface area contributed by atoms with Crippen molar-refractivity contribution >= 4 is 21.6 Å². The van der Waals surface area contributed by atoms with Crippen LogP contribution in [0.3, 0.4) is 0 Å². The molecule has 0 atom stereocenters. The number of alkyl halides is 1. The third-order valence-corrected chi connectivity index (χ3v) is 4.05. The van der Waals surface area contributed by atoms with Crippen LogP contribution in [-0.4, -0.2) is 26.8 Å². The van der Waals surface area contributed by atoms with E-state index in [2.05, 4.69) is 4.72 Å². The Kier molecular flexibility index (Phi) is 3.76. The van der Waals surface area contributed by atoms with Crippen molar-refractivity contribution in [1.29, 1.82) is 0 Å². The van der Waals surface area contributed by atoms with E-state index in [0.29, 0.717) is 11.5 Å². The first-order chi connectivity index (χ1) is 8.12. The zero-order chi connectivity index (χ0) is 12.3. The van der Waals surface area contributed by atoms with Crippen molar-refractivity contribution in [3.8, 4) is 11.5 Å². The number of para-hydroxylation sites is 1. The van der Waals surface area contributed by atoms with E-state index < -0.39 is 10.0 Å². The monoisotopic (exact) mass is 277 g/mol. The first-order valence-electron chi connectivity index (χ1n) is 5.03. The second-order valence-corrected chi connectivity index (χ2v) is 5.78. The predicted molar refractivity (Wildman–Crippen MR) is 63.9 cm³/mol. The van der Waals surface area contributed by atoms with E-state index in [-0.39, 0.29) is 25.0 Å². The van der Waals surface area contributed by atoms with Gasteiger partial charge in [-0.25, -0.2) is 13.1 Å². The lowest BCUT2D eigenvalue weighted by Crippen LogP contribution is -2.26. The summed E-state index contributed by atoms with van der Waals surface area (Å²) in [7, 11) is -3.33. The molecule has 0 fully saturated rings. The number of halogens is 1. The molecule has 0 aliphatic carbocycles. The Morgan fingerprint density at radius 2 is 2.18 bits per heavy atom. The number of hydrogen-bond donors (Lipinski definition) is 1. The molecular formula is C10H12ClNO4S. The quantitative estimate of drug-likeness (QED) is 0.818. The van der Waals surface area contributed by atoms with Crippen LogP contribution < -0.4 is 14.2 Å². The largest absolute Gasteiger partial charge is 0.454 e. The highest BCUT2D eigenvalue weighted by atomic mass is 35.5. The van der Waals surface area contributed by atoms with Crippen molar-refractivity contribution in [1.82, 2.24) is 4.72 Å². The van der Waals surface area contributed by atoms with E-state index in [4.69, 9.17) is 21.1 Å². The van der Waals surface area contributed by atoms with Crippen LogP contribution in [0.15, 0.2) is 18.2 Å². The van der Waals surface area contributed by atoms with E-state index in [0.717, 1.165) is 5.56 Å². The Labute approximate surface area is 105 Å². The van der Waals surface area contributed by atoms with Gasteiger partial charge >= 0.3 is 0 Å². The summed E-state index contributed by atoms with van der Waals surface area (Å²) in [5, 5.41) is 0. The topological polar surface area (TPSA) is 64.6 Å². The summed E-state index contributed by atoms with van der Waals surface area (Å²) in [5.41, 5.74) is 0.748. The molecule has 1 aliphatic heterocycles. The Morgan fingerprint density at radius 3 is 2.94 bits per heavy atom. The van der Waals surface area contributed by atoms with Crippen molar-refractivity contribution in [2.45, 2.75) is 6.54 Å². The van der Waals surface area contributed by atoms with E-state index in [1.54, 1.807) is 18.2 Å².